The largest absolute Gasteiger partial charge is 0.507 e. The number of nitrogens with zero attached hydrogens (tertiary/aromatic N) is 1. The summed E-state index contributed by atoms with van der Waals surface area (Å²) in [4.78, 5) is 11.6. The van der Waals surface area contributed by atoms with E-state index in [0.29, 0.717) is 0 Å². The molecule has 8 nitrogen and oxygen atoms in total. The van der Waals surface area contributed by atoms with Gasteiger partial charge in [0, 0.05) is 0 Å². The quantitative estimate of drug-likeness (QED) is 0.268. The number of carbonyl (C=O) groups is 1. The van der Waals surface area contributed by atoms with E-state index in [2.05, 4.69) is 5.10 Å². The van der Waals surface area contributed by atoms with Crippen LogP contribution in [0.1, 0.15) is 10.4 Å². The average Bonchev–Trinajstić information content (AvgIpc) is 2.45. The van der Waals surface area contributed by atoms with Crippen molar-refractivity contribution < 1.29 is 30.3 Å². The van der Waals surface area contributed by atoms with Crippen LogP contribution in [0.3, 0.4) is 0 Å². The summed E-state index contributed by atoms with van der Waals surface area (Å²) in [6.07, 6.45) is -3.93. The molecule has 0 heterocycles. The molecule has 6 N–H and O–H groups in total. The van der Waals surface area contributed by atoms with Gasteiger partial charge in [0.25, 0.3) is 5.91 Å². The number of benzene rings is 1. The van der Waals surface area contributed by atoms with E-state index >= 15 is 0 Å². The summed E-state index contributed by atoms with van der Waals surface area (Å²) in [6.45, 7) is -0.726. The minimum Gasteiger partial charge on any atom is -0.507 e. The Labute approximate surface area is 114 Å². The number of aromatic hydroxyl groups is 1. The van der Waals surface area contributed by atoms with Crippen LogP contribution in [0.2, 0.25) is 0 Å². The van der Waals surface area contributed by atoms with Crippen LogP contribution in [-0.2, 0) is 0 Å². The number of hydrazone groups is 1. The summed E-state index contributed by atoms with van der Waals surface area (Å²) in [5, 5.41) is 49.2. The van der Waals surface area contributed by atoms with Crippen LogP contribution in [-0.4, -0.2) is 62.6 Å². The Morgan fingerprint density at radius 2 is 1.95 bits per heavy atom. The first-order valence-corrected chi connectivity index (χ1v) is 5.74. The molecule has 0 saturated carbocycles. The minimum absolute atomic E-state index is 0.00455. The highest BCUT2D eigenvalue weighted by Crippen LogP contribution is 2.14. The summed E-state index contributed by atoms with van der Waals surface area (Å²) in [5.41, 5.74) is 2.03. The minimum atomic E-state index is -1.63. The molecule has 0 saturated heterocycles. The Hall–Kier alpha value is -2.00. The number of amides is 1. The lowest BCUT2D eigenvalue weighted by atomic mass is 10.1. The lowest BCUT2D eigenvalue weighted by Gasteiger charge is -2.17. The maximum absolute atomic E-state index is 11.6. The van der Waals surface area contributed by atoms with Crippen LogP contribution >= 0.6 is 0 Å². The molecule has 110 valence electrons. The van der Waals surface area contributed by atoms with Crippen molar-refractivity contribution in [3.63, 3.8) is 0 Å². The second-order valence-corrected chi connectivity index (χ2v) is 3.97. The number of para-hydroxylation sites is 1. The Balaban J connectivity index is 2.57. The van der Waals surface area contributed by atoms with Crippen LogP contribution in [0.5, 0.6) is 5.75 Å². The van der Waals surface area contributed by atoms with Gasteiger partial charge in [-0.05, 0) is 12.1 Å². The van der Waals surface area contributed by atoms with E-state index in [9.17, 15) is 20.1 Å². The molecule has 0 radical (unpaired) electrons. The molecule has 1 aromatic carbocycles. The van der Waals surface area contributed by atoms with Crippen molar-refractivity contribution in [2.24, 2.45) is 5.10 Å². The third-order valence-electron chi connectivity index (χ3n) is 2.47. The number of hydrogen-bond donors (Lipinski definition) is 6. The summed E-state index contributed by atoms with van der Waals surface area (Å²) in [7, 11) is 0. The van der Waals surface area contributed by atoms with Crippen LogP contribution in [0.25, 0.3) is 0 Å². The number of phenolic OH excluding ortho intramolecular Hbond substituents is 1. The van der Waals surface area contributed by atoms with Gasteiger partial charge >= 0.3 is 0 Å². The fourth-order valence-electron chi connectivity index (χ4n) is 1.32. The maximum Gasteiger partial charge on any atom is 0.275 e. The van der Waals surface area contributed by atoms with Gasteiger partial charge in [-0.2, -0.15) is 5.10 Å². The van der Waals surface area contributed by atoms with E-state index in [1.165, 1.54) is 12.1 Å². The van der Waals surface area contributed by atoms with Crippen molar-refractivity contribution in [1.29, 1.82) is 0 Å². The first kappa shape index (κ1) is 16.1. The van der Waals surface area contributed by atoms with Crippen LogP contribution in [0, 0.1) is 0 Å². The molecule has 0 aliphatic carbocycles. The molecular formula is C12H16N2O6. The monoisotopic (exact) mass is 284 g/mol. The summed E-state index contributed by atoms with van der Waals surface area (Å²) in [5.74, 6) is -0.930. The summed E-state index contributed by atoms with van der Waals surface area (Å²) in [6, 6.07) is 5.80. The topological polar surface area (TPSA) is 143 Å². The predicted molar refractivity (Wildman–Crippen MR) is 69.2 cm³/mol. The molecule has 0 unspecified atom stereocenters. The summed E-state index contributed by atoms with van der Waals surface area (Å²) >= 11 is 0. The van der Waals surface area contributed by atoms with Crippen LogP contribution < -0.4 is 5.43 Å². The molecule has 0 aliphatic rings. The zero-order chi connectivity index (χ0) is 15.1. The molecule has 0 aliphatic heterocycles. The number of phenols is 1. The normalized spacial score (nSPS) is 15.8. The Morgan fingerprint density at radius 3 is 2.55 bits per heavy atom. The highest BCUT2D eigenvalue weighted by molar-refractivity contribution is 5.96. The molecule has 8 heteroatoms. The average molecular weight is 284 g/mol. The van der Waals surface area contributed by atoms with Crippen molar-refractivity contribution in [3.05, 3.63) is 29.8 Å². The Bertz CT molecular complexity index is 479. The summed E-state index contributed by atoms with van der Waals surface area (Å²) < 4.78 is 0. The van der Waals surface area contributed by atoms with Gasteiger partial charge in [0.1, 0.15) is 24.1 Å². The number of hydrogen-bond acceptors (Lipinski definition) is 7. The van der Waals surface area contributed by atoms with Gasteiger partial charge in [-0.1, -0.05) is 12.1 Å². The molecule has 0 spiro atoms. The fraction of sp³-hybridized carbons (Fsp3) is 0.333. The molecule has 1 amide bonds. The van der Waals surface area contributed by atoms with E-state index in [4.69, 9.17) is 10.2 Å². The van der Waals surface area contributed by atoms with Crippen LogP contribution in [0.15, 0.2) is 29.4 Å². The van der Waals surface area contributed by atoms with Gasteiger partial charge in [-0.15, -0.1) is 0 Å². The van der Waals surface area contributed by atoms with Crippen molar-refractivity contribution in [1.82, 2.24) is 5.43 Å². The lowest BCUT2D eigenvalue weighted by molar-refractivity contribution is -0.0542. The smallest absolute Gasteiger partial charge is 0.275 e. The molecule has 20 heavy (non-hydrogen) atoms. The van der Waals surface area contributed by atoms with Gasteiger partial charge < -0.3 is 25.5 Å². The number of aliphatic hydroxyl groups is 4. The first-order chi connectivity index (χ1) is 9.47. The molecule has 1 rings (SSSR count). The fourth-order valence-corrected chi connectivity index (χ4v) is 1.32. The highest BCUT2D eigenvalue weighted by Gasteiger charge is 2.22. The van der Waals surface area contributed by atoms with Gasteiger partial charge in [0.05, 0.1) is 18.4 Å². The third kappa shape index (κ3) is 4.28. The van der Waals surface area contributed by atoms with Crippen molar-refractivity contribution in [2.45, 2.75) is 18.3 Å². The molecule has 1 aromatic rings. The van der Waals surface area contributed by atoms with Gasteiger partial charge in [-0.3, -0.25) is 4.79 Å². The van der Waals surface area contributed by atoms with E-state index in [1.54, 1.807) is 12.1 Å². The number of rotatable bonds is 6. The standard InChI is InChI=1S/C12H16N2O6/c15-6-10(18)11(19)9(17)5-13-14-12(20)7-3-1-2-4-8(7)16/h1-5,9-11,15-19H,6H2,(H,14,20)/b13-5-/t9-,10-,11+/m0/s1. The van der Waals surface area contributed by atoms with Crippen molar-refractivity contribution in [2.75, 3.05) is 6.61 Å². The Kier molecular flexibility index (Phi) is 6.07. The highest BCUT2D eigenvalue weighted by atomic mass is 16.4. The van der Waals surface area contributed by atoms with Gasteiger partial charge in [0.2, 0.25) is 0 Å². The van der Waals surface area contributed by atoms with Gasteiger partial charge in [-0.25, -0.2) is 5.43 Å². The van der Waals surface area contributed by atoms with Crippen molar-refractivity contribution in [3.8, 4) is 5.75 Å². The Morgan fingerprint density at radius 1 is 1.30 bits per heavy atom. The second kappa shape index (κ2) is 7.56. The SMILES string of the molecule is O=C(N/N=C\[C@H](O)[C@@H](O)[C@@H](O)CO)c1ccccc1O. The number of aliphatic hydroxyl groups excluding tert-OH is 4. The molecular weight excluding hydrogens is 268 g/mol. The molecule has 3 atom stereocenters. The zero-order valence-electron chi connectivity index (χ0n) is 10.4. The van der Waals surface area contributed by atoms with E-state index in [0.717, 1.165) is 6.21 Å². The third-order valence-corrected chi connectivity index (χ3v) is 2.47. The molecule has 0 aromatic heterocycles. The molecule has 0 fully saturated rings. The number of nitrogens with one attached hydrogen (secondary N) is 1. The number of carbonyl (C=O) groups excluding carboxylic acids is 1. The maximum atomic E-state index is 11.6. The molecule has 0 bridgehead atoms. The van der Waals surface area contributed by atoms with E-state index in [1.807, 2.05) is 5.43 Å². The van der Waals surface area contributed by atoms with E-state index < -0.39 is 30.8 Å². The second-order valence-electron chi connectivity index (χ2n) is 3.97. The lowest BCUT2D eigenvalue weighted by Crippen LogP contribution is -2.40. The van der Waals surface area contributed by atoms with Crippen molar-refractivity contribution >= 4 is 12.1 Å². The van der Waals surface area contributed by atoms with Crippen LogP contribution in [0.4, 0.5) is 0 Å². The predicted octanol–water partition coefficient (Wildman–Crippen LogP) is -1.82. The zero-order valence-corrected chi connectivity index (χ0v) is 10.4. The first-order valence-electron chi connectivity index (χ1n) is 5.74. The van der Waals surface area contributed by atoms with Gasteiger partial charge in [0.15, 0.2) is 0 Å². The van der Waals surface area contributed by atoms with E-state index in [-0.39, 0.29) is 11.3 Å².